The van der Waals surface area contributed by atoms with E-state index in [1.165, 1.54) is 5.56 Å². The average molecular weight is 389 g/mol. The Labute approximate surface area is 165 Å². The van der Waals surface area contributed by atoms with Gasteiger partial charge in [-0.1, -0.05) is 43.7 Å². The minimum absolute atomic E-state index is 0.0105. The molecule has 0 fully saturated rings. The molecule has 0 aliphatic rings. The van der Waals surface area contributed by atoms with Crippen LogP contribution in [0.25, 0.3) is 0 Å². The maximum Gasteiger partial charge on any atom is 0.307 e. The highest BCUT2D eigenvalue weighted by atomic mass is 32.2. The Balaban J connectivity index is 1.98. The molecule has 2 atom stereocenters. The number of benzene rings is 2. The fraction of sp³-hybridized carbons (Fsp3) is 0.409. The zero-order valence-electron chi connectivity index (χ0n) is 16.2. The molecule has 0 spiro atoms. The maximum atomic E-state index is 11.6. The van der Waals surface area contributed by atoms with Crippen LogP contribution in [0.1, 0.15) is 31.7 Å². The molecule has 2 aromatic rings. The fourth-order valence-corrected chi connectivity index (χ4v) is 4.23. The molecular weight excluding hydrogens is 360 g/mol. The first kappa shape index (κ1) is 21.2. The molecule has 0 heterocycles. The van der Waals surface area contributed by atoms with Crippen molar-refractivity contribution in [1.29, 1.82) is 0 Å². The second-order valence-corrected chi connectivity index (χ2v) is 7.84. The van der Waals surface area contributed by atoms with Gasteiger partial charge in [0.2, 0.25) is 0 Å². The van der Waals surface area contributed by atoms with E-state index >= 15 is 0 Å². The van der Waals surface area contributed by atoms with E-state index in [1.807, 2.05) is 24.3 Å². The normalized spacial score (nSPS) is 13.0. The summed E-state index contributed by atoms with van der Waals surface area (Å²) in [6.45, 7) is 1.79. The number of hydrogen-bond donors (Lipinski definition) is 1. The molecule has 4 nitrogen and oxygen atoms in total. The molecule has 0 bridgehead atoms. The molecule has 2 rings (SSSR count). The van der Waals surface area contributed by atoms with Crippen molar-refractivity contribution in [2.45, 2.75) is 42.8 Å². The summed E-state index contributed by atoms with van der Waals surface area (Å²) in [5.41, 5.74) is 1.33. The van der Waals surface area contributed by atoms with Gasteiger partial charge in [0, 0.05) is 10.1 Å². The van der Waals surface area contributed by atoms with Crippen molar-refractivity contribution in [3.63, 3.8) is 0 Å². The van der Waals surface area contributed by atoms with Crippen molar-refractivity contribution in [2.24, 2.45) is 5.92 Å². The highest BCUT2D eigenvalue weighted by Gasteiger charge is 2.24. The summed E-state index contributed by atoms with van der Waals surface area (Å²) in [6, 6.07) is 16.1. The molecular formula is C22H28O4S. The standard InChI is InChI=1S/C22H28O4S/c1-16(22(23)24)21(12-8-7-11-17-9-5-4-6-10-17)27-18-13-14-19(25-2)20(15-18)26-3/h4-6,9-10,13-16,21H,7-8,11-12H2,1-3H3,(H,23,24). The number of ether oxygens (including phenoxy) is 2. The van der Waals surface area contributed by atoms with Crippen LogP contribution in [0.4, 0.5) is 0 Å². The van der Waals surface area contributed by atoms with E-state index in [9.17, 15) is 9.90 Å². The summed E-state index contributed by atoms with van der Waals surface area (Å²) in [5.74, 6) is 0.164. The number of methoxy groups -OCH3 is 2. The lowest BCUT2D eigenvalue weighted by Crippen LogP contribution is -2.23. The number of aryl methyl sites for hydroxylation is 1. The molecule has 0 aliphatic heterocycles. The SMILES string of the molecule is COc1ccc(SC(CCCCc2ccccc2)C(C)C(=O)O)cc1OC. The second kappa shape index (κ2) is 10.9. The summed E-state index contributed by atoms with van der Waals surface area (Å²) >= 11 is 1.60. The molecule has 5 heteroatoms. The van der Waals surface area contributed by atoms with Crippen LogP contribution in [0.15, 0.2) is 53.4 Å². The molecule has 0 saturated carbocycles. The predicted molar refractivity (Wildman–Crippen MR) is 110 cm³/mol. The molecule has 0 amide bonds. The van der Waals surface area contributed by atoms with Crippen LogP contribution in [0, 0.1) is 5.92 Å². The smallest absolute Gasteiger partial charge is 0.307 e. The quantitative estimate of drug-likeness (QED) is 0.418. The van der Waals surface area contributed by atoms with Crippen molar-refractivity contribution < 1.29 is 19.4 Å². The van der Waals surface area contributed by atoms with Gasteiger partial charge >= 0.3 is 5.97 Å². The Morgan fingerprint density at radius 3 is 2.37 bits per heavy atom. The number of carboxylic acids is 1. The van der Waals surface area contributed by atoms with Gasteiger partial charge in [-0.3, -0.25) is 4.79 Å². The number of thioether (sulfide) groups is 1. The number of aliphatic carboxylic acids is 1. The van der Waals surface area contributed by atoms with E-state index in [2.05, 4.69) is 24.3 Å². The zero-order valence-corrected chi connectivity index (χ0v) is 17.0. The van der Waals surface area contributed by atoms with Crippen LogP contribution in [0.2, 0.25) is 0 Å². The van der Waals surface area contributed by atoms with Crippen molar-refractivity contribution in [3.05, 3.63) is 54.1 Å². The van der Waals surface area contributed by atoms with E-state index in [1.54, 1.807) is 32.9 Å². The average Bonchev–Trinajstić information content (AvgIpc) is 2.70. The van der Waals surface area contributed by atoms with Crippen molar-refractivity contribution in [2.75, 3.05) is 14.2 Å². The van der Waals surface area contributed by atoms with Crippen molar-refractivity contribution in [3.8, 4) is 11.5 Å². The molecule has 1 N–H and O–H groups in total. The minimum atomic E-state index is -0.754. The summed E-state index contributed by atoms with van der Waals surface area (Å²) < 4.78 is 10.6. The molecule has 0 radical (unpaired) electrons. The highest BCUT2D eigenvalue weighted by Crippen LogP contribution is 2.37. The Bertz CT molecular complexity index is 718. The fourth-order valence-electron chi connectivity index (χ4n) is 2.95. The maximum absolute atomic E-state index is 11.6. The van der Waals surface area contributed by atoms with Crippen molar-refractivity contribution in [1.82, 2.24) is 0 Å². The monoisotopic (exact) mass is 388 g/mol. The lowest BCUT2D eigenvalue weighted by Gasteiger charge is -2.21. The van der Waals surface area contributed by atoms with Gasteiger partial charge in [-0.25, -0.2) is 0 Å². The number of rotatable bonds is 11. The Kier molecular flexibility index (Phi) is 8.52. The Morgan fingerprint density at radius 2 is 1.74 bits per heavy atom. The van der Waals surface area contributed by atoms with Crippen LogP contribution in [-0.4, -0.2) is 30.5 Å². The van der Waals surface area contributed by atoms with Gasteiger partial charge in [0.1, 0.15) is 0 Å². The Morgan fingerprint density at radius 1 is 1.04 bits per heavy atom. The van der Waals surface area contributed by atoms with Gasteiger partial charge < -0.3 is 14.6 Å². The van der Waals surface area contributed by atoms with Gasteiger partial charge in [-0.05, 0) is 43.0 Å². The van der Waals surface area contributed by atoms with Crippen LogP contribution in [-0.2, 0) is 11.2 Å². The van der Waals surface area contributed by atoms with Crippen molar-refractivity contribution >= 4 is 17.7 Å². The molecule has 2 unspecified atom stereocenters. The van der Waals surface area contributed by atoms with E-state index in [-0.39, 0.29) is 5.25 Å². The predicted octanol–water partition coefficient (Wildman–Crippen LogP) is 5.30. The largest absolute Gasteiger partial charge is 0.493 e. The summed E-state index contributed by atoms with van der Waals surface area (Å²) in [4.78, 5) is 12.5. The molecule has 0 saturated heterocycles. The lowest BCUT2D eigenvalue weighted by molar-refractivity contribution is -0.141. The van der Waals surface area contributed by atoms with E-state index in [0.717, 1.165) is 30.6 Å². The second-order valence-electron chi connectivity index (χ2n) is 6.53. The first-order valence-corrected chi connectivity index (χ1v) is 10.1. The van der Waals surface area contributed by atoms with Gasteiger partial charge in [-0.2, -0.15) is 0 Å². The molecule has 146 valence electrons. The van der Waals surface area contributed by atoms with Crippen LogP contribution in [0.3, 0.4) is 0 Å². The summed E-state index contributed by atoms with van der Waals surface area (Å²) in [7, 11) is 3.21. The van der Waals surface area contributed by atoms with Crippen LogP contribution < -0.4 is 9.47 Å². The van der Waals surface area contributed by atoms with Gasteiger partial charge in [0.25, 0.3) is 0 Å². The summed E-state index contributed by atoms with van der Waals surface area (Å²) in [6.07, 6.45) is 3.94. The van der Waals surface area contributed by atoms with Crippen LogP contribution in [0.5, 0.6) is 11.5 Å². The molecule has 0 aliphatic carbocycles. The zero-order chi connectivity index (χ0) is 19.6. The molecule has 2 aromatic carbocycles. The highest BCUT2D eigenvalue weighted by molar-refractivity contribution is 8.00. The van der Waals surface area contributed by atoms with E-state index < -0.39 is 11.9 Å². The van der Waals surface area contributed by atoms with Gasteiger partial charge in [0.05, 0.1) is 20.1 Å². The third kappa shape index (κ3) is 6.51. The molecule has 0 aromatic heterocycles. The lowest BCUT2D eigenvalue weighted by atomic mass is 10.0. The first-order valence-electron chi connectivity index (χ1n) is 9.20. The van der Waals surface area contributed by atoms with Gasteiger partial charge in [-0.15, -0.1) is 11.8 Å². The number of carbonyl (C=O) groups is 1. The first-order chi connectivity index (χ1) is 13.0. The van der Waals surface area contributed by atoms with E-state index in [4.69, 9.17) is 9.47 Å². The Hall–Kier alpha value is -2.14. The minimum Gasteiger partial charge on any atom is -0.493 e. The van der Waals surface area contributed by atoms with Gasteiger partial charge in [0.15, 0.2) is 11.5 Å². The van der Waals surface area contributed by atoms with Crippen LogP contribution >= 0.6 is 11.8 Å². The summed E-state index contributed by atoms with van der Waals surface area (Å²) in [5, 5.41) is 9.50. The van der Waals surface area contributed by atoms with E-state index in [0.29, 0.717) is 11.5 Å². The molecule has 27 heavy (non-hydrogen) atoms. The number of unbranched alkanes of at least 4 members (excludes halogenated alkanes) is 1. The third-order valence-electron chi connectivity index (χ3n) is 4.64. The third-order valence-corrected chi connectivity index (χ3v) is 6.11. The number of carboxylic acid groups (broad SMARTS) is 1. The topological polar surface area (TPSA) is 55.8 Å². The number of hydrogen-bond acceptors (Lipinski definition) is 4.